The predicted octanol–water partition coefficient (Wildman–Crippen LogP) is 2.60. The maximum Gasteiger partial charge on any atom is 0.305 e. The van der Waals surface area contributed by atoms with Crippen molar-refractivity contribution in [3.8, 4) is 5.75 Å². The van der Waals surface area contributed by atoms with E-state index in [0.29, 0.717) is 0 Å². The minimum atomic E-state index is -1.01. The van der Waals surface area contributed by atoms with Crippen molar-refractivity contribution in [2.45, 2.75) is 12.5 Å². The fourth-order valence-electron chi connectivity index (χ4n) is 1.83. The van der Waals surface area contributed by atoms with Crippen molar-refractivity contribution < 1.29 is 23.8 Å². The van der Waals surface area contributed by atoms with Crippen LogP contribution >= 0.6 is 11.3 Å². The standard InChI is InChI=1S/C15H14FNO4S/c16-10-3-1-4-11(7-10)21-9-14(18)17-12(8-15(19)20)13-5-2-6-22-13/h1-7,12H,8-9H2,(H,17,18)(H,19,20). The Morgan fingerprint density at radius 3 is 2.77 bits per heavy atom. The zero-order valence-electron chi connectivity index (χ0n) is 11.5. The smallest absolute Gasteiger partial charge is 0.305 e. The molecule has 0 saturated heterocycles. The van der Waals surface area contributed by atoms with Gasteiger partial charge < -0.3 is 15.2 Å². The molecule has 0 bridgehead atoms. The predicted molar refractivity (Wildman–Crippen MR) is 79.4 cm³/mol. The van der Waals surface area contributed by atoms with Crippen LogP contribution in [0.5, 0.6) is 5.75 Å². The largest absolute Gasteiger partial charge is 0.484 e. The molecule has 7 heteroatoms. The normalized spacial score (nSPS) is 11.7. The Kier molecular flexibility index (Phi) is 5.48. The molecule has 1 unspecified atom stereocenters. The van der Waals surface area contributed by atoms with Gasteiger partial charge in [-0.25, -0.2) is 4.39 Å². The minimum absolute atomic E-state index is 0.216. The van der Waals surface area contributed by atoms with E-state index in [-0.39, 0.29) is 18.8 Å². The topological polar surface area (TPSA) is 75.6 Å². The maximum atomic E-state index is 13.0. The average molecular weight is 323 g/mol. The number of hydrogen-bond donors (Lipinski definition) is 2. The number of halogens is 1. The summed E-state index contributed by atoms with van der Waals surface area (Å²) < 4.78 is 18.2. The lowest BCUT2D eigenvalue weighted by Crippen LogP contribution is -2.33. The molecule has 0 spiro atoms. The van der Waals surface area contributed by atoms with E-state index in [9.17, 15) is 14.0 Å². The van der Waals surface area contributed by atoms with Crippen molar-refractivity contribution in [1.29, 1.82) is 0 Å². The van der Waals surface area contributed by atoms with Gasteiger partial charge in [0.15, 0.2) is 6.61 Å². The number of carbonyl (C=O) groups excluding carboxylic acids is 1. The monoisotopic (exact) mass is 323 g/mol. The first kappa shape index (κ1) is 16.0. The first-order valence-corrected chi connectivity index (χ1v) is 7.35. The second-order valence-corrected chi connectivity index (χ2v) is 5.46. The van der Waals surface area contributed by atoms with Crippen molar-refractivity contribution in [3.05, 3.63) is 52.5 Å². The van der Waals surface area contributed by atoms with E-state index in [2.05, 4.69) is 5.32 Å². The highest BCUT2D eigenvalue weighted by Crippen LogP contribution is 2.22. The number of hydrogen-bond acceptors (Lipinski definition) is 4. The number of carbonyl (C=O) groups is 2. The molecule has 2 rings (SSSR count). The van der Waals surface area contributed by atoms with Gasteiger partial charge in [0.1, 0.15) is 11.6 Å². The Labute approximate surface area is 130 Å². The van der Waals surface area contributed by atoms with Crippen molar-refractivity contribution in [3.63, 3.8) is 0 Å². The third-order valence-corrected chi connectivity index (χ3v) is 3.75. The summed E-state index contributed by atoms with van der Waals surface area (Å²) in [6, 6.07) is 8.37. The maximum absolute atomic E-state index is 13.0. The zero-order valence-corrected chi connectivity index (χ0v) is 12.3. The summed E-state index contributed by atoms with van der Waals surface area (Å²) in [5.74, 6) is -1.70. The van der Waals surface area contributed by atoms with Gasteiger partial charge in [-0.2, -0.15) is 0 Å². The van der Waals surface area contributed by atoms with Crippen LogP contribution in [-0.2, 0) is 9.59 Å². The fraction of sp³-hybridized carbons (Fsp3) is 0.200. The number of nitrogens with one attached hydrogen (secondary N) is 1. The SMILES string of the molecule is O=C(O)CC(NC(=O)COc1cccc(F)c1)c1cccs1. The number of carboxylic acid groups (broad SMARTS) is 1. The van der Waals surface area contributed by atoms with Gasteiger partial charge >= 0.3 is 5.97 Å². The van der Waals surface area contributed by atoms with E-state index in [0.717, 1.165) is 4.88 Å². The number of ether oxygens (including phenoxy) is 1. The Balaban J connectivity index is 1.92. The Bertz CT molecular complexity index is 645. The number of rotatable bonds is 7. The second-order valence-electron chi connectivity index (χ2n) is 4.48. The lowest BCUT2D eigenvalue weighted by molar-refractivity contribution is -0.137. The summed E-state index contributed by atoms with van der Waals surface area (Å²) in [4.78, 5) is 23.5. The molecule has 1 aromatic heterocycles. The summed E-state index contributed by atoms with van der Waals surface area (Å²) in [6.45, 7) is -0.315. The minimum Gasteiger partial charge on any atom is -0.484 e. The average Bonchev–Trinajstić information content (AvgIpc) is 2.98. The van der Waals surface area contributed by atoms with E-state index >= 15 is 0 Å². The molecule has 1 amide bonds. The van der Waals surface area contributed by atoms with Crippen LogP contribution < -0.4 is 10.1 Å². The van der Waals surface area contributed by atoms with Gasteiger partial charge in [-0.3, -0.25) is 9.59 Å². The summed E-state index contributed by atoms with van der Waals surface area (Å²) in [6.07, 6.45) is -0.216. The molecule has 0 fully saturated rings. The number of carboxylic acids is 1. The molecule has 0 saturated carbocycles. The molecule has 1 heterocycles. The van der Waals surface area contributed by atoms with E-state index in [1.165, 1.54) is 35.6 Å². The van der Waals surface area contributed by atoms with Crippen LogP contribution in [-0.4, -0.2) is 23.6 Å². The number of thiophene rings is 1. The molecular formula is C15H14FNO4S. The van der Waals surface area contributed by atoms with Gasteiger partial charge in [-0.15, -0.1) is 11.3 Å². The fourth-order valence-corrected chi connectivity index (χ4v) is 2.61. The van der Waals surface area contributed by atoms with Crippen LogP contribution in [0.3, 0.4) is 0 Å². The molecular weight excluding hydrogens is 309 g/mol. The van der Waals surface area contributed by atoms with E-state index < -0.39 is 23.7 Å². The van der Waals surface area contributed by atoms with Crippen LogP contribution in [0.15, 0.2) is 41.8 Å². The lowest BCUT2D eigenvalue weighted by atomic mass is 10.1. The van der Waals surface area contributed by atoms with Crippen molar-refractivity contribution >= 4 is 23.2 Å². The highest BCUT2D eigenvalue weighted by atomic mass is 32.1. The summed E-state index contributed by atoms with van der Waals surface area (Å²) >= 11 is 1.36. The van der Waals surface area contributed by atoms with E-state index in [1.54, 1.807) is 17.5 Å². The molecule has 1 atom stereocenters. The molecule has 1 aromatic carbocycles. The first-order chi connectivity index (χ1) is 10.5. The molecule has 0 aliphatic heterocycles. The summed E-state index contributed by atoms with van der Waals surface area (Å²) in [5.41, 5.74) is 0. The highest BCUT2D eigenvalue weighted by molar-refractivity contribution is 7.10. The van der Waals surface area contributed by atoms with Crippen LogP contribution in [0.2, 0.25) is 0 Å². The first-order valence-electron chi connectivity index (χ1n) is 6.47. The Morgan fingerprint density at radius 1 is 1.32 bits per heavy atom. The van der Waals surface area contributed by atoms with Crippen LogP contribution in [0.25, 0.3) is 0 Å². The van der Waals surface area contributed by atoms with Crippen LogP contribution in [0, 0.1) is 5.82 Å². The van der Waals surface area contributed by atoms with Gasteiger partial charge in [-0.05, 0) is 23.6 Å². The molecule has 116 valence electrons. The summed E-state index contributed by atoms with van der Waals surface area (Å²) in [7, 11) is 0. The van der Waals surface area contributed by atoms with Crippen LogP contribution in [0.4, 0.5) is 4.39 Å². The molecule has 5 nitrogen and oxygen atoms in total. The molecule has 2 aromatic rings. The molecule has 0 aliphatic carbocycles. The summed E-state index contributed by atoms with van der Waals surface area (Å²) in [5, 5.41) is 13.3. The Hall–Kier alpha value is -2.41. The van der Waals surface area contributed by atoms with Crippen molar-refractivity contribution in [1.82, 2.24) is 5.32 Å². The van der Waals surface area contributed by atoms with Gasteiger partial charge in [0.05, 0.1) is 12.5 Å². The van der Waals surface area contributed by atoms with Gasteiger partial charge in [0.2, 0.25) is 0 Å². The third kappa shape index (κ3) is 4.85. The van der Waals surface area contributed by atoms with Crippen LogP contribution in [0.1, 0.15) is 17.3 Å². The number of benzene rings is 1. The molecule has 0 aliphatic rings. The van der Waals surface area contributed by atoms with E-state index in [1.807, 2.05) is 0 Å². The quantitative estimate of drug-likeness (QED) is 0.821. The zero-order chi connectivity index (χ0) is 15.9. The lowest BCUT2D eigenvalue weighted by Gasteiger charge is -2.15. The number of aliphatic carboxylic acids is 1. The van der Waals surface area contributed by atoms with Gasteiger partial charge in [-0.1, -0.05) is 12.1 Å². The van der Waals surface area contributed by atoms with Crippen molar-refractivity contribution in [2.24, 2.45) is 0 Å². The van der Waals surface area contributed by atoms with Crippen molar-refractivity contribution in [2.75, 3.05) is 6.61 Å². The van der Waals surface area contributed by atoms with Gasteiger partial charge in [0.25, 0.3) is 5.91 Å². The molecule has 2 N–H and O–H groups in total. The molecule has 22 heavy (non-hydrogen) atoms. The third-order valence-electron chi connectivity index (χ3n) is 2.77. The highest BCUT2D eigenvalue weighted by Gasteiger charge is 2.19. The van der Waals surface area contributed by atoms with Gasteiger partial charge in [0, 0.05) is 10.9 Å². The van der Waals surface area contributed by atoms with E-state index in [4.69, 9.17) is 9.84 Å². The Morgan fingerprint density at radius 2 is 2.14 bits per heavy atom. The second kappa shape index (κ2) is 7.56. The molecule has 0 radical (unpaired) electrons. The number of amides is 1.